The van der Waals surface area contributed by atoms with Crippen LogP contribution in [0.4, 0.5) is 0 Å². The van der Waals surface area contributed by atoms with Crippen molar-refractivity contribution in [3.8, 4) is 0 Å². The zero-order valence-corrected chi connectivity index (χ0v) is 13.7. The van der Waals surface area contributed by atoms with Crippen molar-refractivity contribution >= 4 is 21.6 Å². The fraction of sp³-hybridized carbons (Fsp3) is 1.00. The molecule has 4 nitrogen and oxygen atoms in total. The van der Waals surface area contributed by atoms with Crippen molar-refractivity contribution in [1.29, 1.82) is 0 Å². The molecule has 116 valence electrons. The monoisotopic (exact) mass is 318 g/mol. The maximum absolute atomic E-state index is 11.5. The Morgan fingerprint density at radius 1 is 0.950 bits per heavy atom. The quantitative estimate of drug-likeness (QED) is 0.845. The molecule has 3 saturated heterocycles. The number of hydrogen-bond acceptors (Lipinski definition) is 5. The van der Waals surface area contributed by atoms with E-state index in [9.17, 15) is 8.42 Å². The van der Waals surface area contributed by atoms with Gasteiger partial charge in [-0.15, -0.1) is 0 Å². The molecule has 0 aliphatic carbocycles. The molecule has 3 fully saturated rings. The number of nitrogens with one attached hydrogen (secondary N) is 1. The fourth-order valence-electron chi connectivity index (χ4n) is 3.67. The van der Waals surface area contributed by atoms with Crippen molar-refractivity contribution in [2.24, 2.45) is 0 Å². The van der Waals surface area contributed by atoms with E-state index in [1.54, 1.807) is 0 Å². The van der Waals surface area contributed by atoms with Gasteiger partial charge in [0, 0.05) is 23.9 Å². The highest BCUT2D eigenvalue weighted by Gasteiger charge is 2.31. The summed E-state index contributed by atoms with van der Waals surface area (Å²) < 4.78 is 23.0. The summed E-state index contributed by atoms with van der Waals surface area (Å²) in [6.07, 6.45) is 5.47. The fourth-order valence-corrected chi connectivity index (χ4v) is 6.31. The van der Waals surface area contributed by atoms with Crippen LogP contribution in [0.1, 0.15) is 32.1 Å². The molecule has 6 heteroatoms. The van der Waals surface area contributed by atoms with Gasteiger partial charge < -0.3 is 10.2 Å². The Hall–Kier alpha value is 0.220. The minimum atomic E-state index is -2.72. The SMILES string of the molecule is O=S1(=O)CCC(N2CCC(NC3CCSC3)CC2)CC1. The molecule has 1 unspecified atom stereocenters. The Labute approximate surface area is 127 Å². The molecule has 3 aliphatic rings. The van der Waals surface area contributed by atoms with E-state index in [-0.39, 0.29) is 0 Å². The van der Waals surface area contributed by atoms with E-state index in [1.165, 1.54) is 30.8 Å². The largest absolute Gasteiger partial charge is 0.310 e. The lowest BCUT2D eigenvalue weighted by Gasteiger charge is -2.40. The highest BCUT2D eigenvalue weighted by molar-refractivity contribution is 7.99. The first-order chi connectivity index (χ1) is 9.62. The van der Waals surface area contributed by atoms with Crippen LogP contribution in [0.2, 0.25) is 0 Å². The number of hydrogen-bond donors (Lipinski definition) is 1. The van der Waals surface area contributed by atoms with Crippen LogP contribution in [0.15, 0.2) is 0 Å². The van der Waals surface area contributed by atoms with Crippen molar-refractivity contribution in [2.45, 2.75) is 50.2 Å². The second kappa shape index (κ2) is 6.55. The number of nitrogens with zero attached hydrogens (tertiary/aromatic N) is 1. The summed E-state index contributed by atoms with van der Waals surface area (Å²) in [6.45, 7) is 2.28. The molecule has 0 aromatic rings. The van der Waals surface area contributed by atoms with Gasteiger partial charge >= 0.3 is 0 Å². The number of sulfone groups is 1. The summed E-state index contributed by atoms with van der Waals surface area (Å²) in [5, 5.41) is 3.81. The molecule has 1 atom stereocenters. The molecule has 1 N–H and O–H groups in total. The number of thioether (sulfide) groups is 1. The first-order valence-electron chi connectivity index (χ1n) is 7.91. The van der Waals surface area contributed by atoms with Gasteiger partial charge in [0.05, 0.1) is 11.5 Å². The van der Waals surface area contributed by atoms with Crippen LogP contribution in [-0.4, -0.2) is 67.5 Å². The van der Waals surface area contributed by atoms with Gasteiger partial charge in [0.25, 0.3) is 0 Å². The van der Waals surface area contributed by atoms with Gasteiger partial charge in [0.1, 0.15) is 9.84 Å². The lowest BCUT2D eigenvalue weighted by molar-refractivity contribution is 0.132. The molecule has 3 aliphatic heterocycles. The average Bonchev–Trinajstić information content (AvgIpc) is 2.93. The molecule has 20 heavy (non-hydrogen) atoms. The molecule has 3 rings (SSSR count). The van der Waals surface area contributed by atoms with Gasteiger partial charge in [-0.2, -0.15) is 11.8 Å². The number of rotatable bonds is 3. The minimum absolute atomic E-state index is 0.398. The summed E-state index contributed by atoms with van der Waals surface area (Å²) in [5.41, 5.74) is 0. The van der Waals surface area contributed by atoms with Crippen LogP contribution in [0.3, 0.4) is 0 Å². The smallest absolute Gasteiger partial charge is 0.150 e. The Morgan fingerprint density at radius 3 is 2.25 bits per heavy atom. The lowest BCUT2D eigenvalue weighted by Crippen LogP contribution is -2.50. The van der Waals surface area contributed by atoms with E-state index < -0.39 is 9.84 Å². The van der Waals surface area contributed by atoms with Gasteiger partial charge in [0.2, 0.25) is 0 Å². The molecule has 0 bridgehead atoms. The zero-order chi connectivity index (χ0) is 14.0. The highest BCUT2D eigenvalue weighted by atomic mass is 32.2. The van der Waals surface area contributed by atoms with Crippen LogP contribution in [0.5, 0.6) is 0 Å². The van der Waals surface area contributed by atoms with Crippen molar-refractivity contribution in [1.82, 2.24) is 10.2 Å². The molecule has 0 amide bonds. The third kappa shape index (κ3) is 3.90. The maximum atomic E-state index is 11.5. The second-order valence-corrected chi connectivity index (χ2v) is 9.87. The molecule has 0 spiro atoms. The summed E-state index contributed by atoms with van der Waals surface area (Å²) in [6, 6.07) is 1.93. The van der Waals surface area contributed by atoms with Crippen molar-refractivity contribution < 1.29 is 8.42 Å². The van der Waals surface area contributed by atoms with Crippen LogP contribution in [-0.2, 0) is 9.84 Å². The van der Waals surface area contributed by atoms with E-state index in [0.29, 0.717) is 23.6 Å². The van der Waals surface area contributed by atoms with Gasteiger partial charge in [-0.3, -0.25) is 0 Å². The van der Waals surface area contributed by atoms with Crippen molar-refractivity contribution in [3.63, 3.8) is 0 Å². The predicted molar refractivity (Wildman–Crippen MR) is 85.1 cm³/mol. The van der Waals surface area contributed by atoms with Crippen LogP contribution in [0.25, 0.3) is 0 Å². The Balaban J connectivity index is 1.42. The van der Waals surface area contributed by atoms with E-state index in [1.807, 2.05) is 0 Å². The third-order valence-electron chi connectivity index (χ3n) is 4.97. The lowest BCUT2D eigenvalue weighted by atomic mass is 10.00. The summed E-state index contributed by atoms with van der Waals surface area (Å²) >= 11 is 2.06. The van der Waals surface area contributed by atoms with E-state index >= 15 is 0 Å². The van der Waals surface area contributed by atoms with E-state index in [4.69, 9.17) is 0 Å². The molecular formula is C14H26N2O2S2. The molecule has 0 saturated carbocycles. The first-order valence-corrected chi connectivity index (χ1v) is 10.9. The third-order valence-corrected chi connectivity index (χ3v) is 7.85. The predicted octanol–water partition coefficient (Wildman–Crippen LogP) is 1.12. The standard InChI is InChI=1S/C14H26N2O2S2/c17-20(18)9-4-14(5-10-20)16-6-1-12(2-7-16)15-13-3-8-19-11-13/h12-15H,1-11H2. The molecule has 3 heterocycles. The van der Waals surface area contributed by atoms with Crippen LogP contribution < -0.4 is 5.32 Å². The molecule has 0 radical (unpaired) electrons. The van der Waals surface area contributed by atoms with Crippen LogP contribution in [0, 0.1) is 0 Å². The number of piperidine rings is 1. The van der Waals surface area contributed by atoms with Crippen molar-refractivity contribution in [3.05, 3.63) is 0 Å². The van der Waals surface area contributed by atoms with Gasteiger partial charge in [0.15, 0.2) is 0 Å². The van der Waals surface area contributed by atoms with E-state index in [2.05, 4.69) is 22.0 Å². The molecule has 0 aromatic heterocycles. The zero-order valence-electron chi connectivity index (χ0n) is 12.1. The molecular weight excluding hydrogens is 292 g/mol. The topological polar surface area (TPSA) is 49.4 Å². The van der Waals surface area contributed by atoms with Crippen molar-refractivity contribution in [2.75, 3.05) is 36.1 Å². The summed E-state index contributed by atoms with van der Waals surface area (Å²) in [5.74, 6) is 3.39. The van der Waals surface area contributed by atoms with Gasteiger partial charge in [-0.25, -0.2) is 8.42 Å². The van der Waals surface area contributed by atoms with Crippen LogP contribution >= 0.6 is 11.8 Å². The average molecular weight is 319 g/mol. The summed E-state index contributed by atoms with van der Waals surface area (Å²) in [7, 11) is -2.72. The minimum Gasteiger partial charge on any atom is -0.310 e. The highest BCUT2D eigenvalue weighted by Crippen LogP contribution is 2.24. The maximum Gasteiger partial charge on any atom is 0.150 e. The summed E-state index contributed by atoms with van der Waals surface area (Å²) in [4.78, 5) is 2.54. The normalized spacial score (nSPS) is 33.5. The number of likely N-dealkylation sites (tertiary alicyclic amines) is 1. The first kappa shape index (κ1) is 15.1. The van der Waals surface area contributed by atoms with E-state index in [0.717, 1.165) is 32.0 Å². The Kier molecular flexibility index (Phi) is 4.95. The van der Waals surface area contributed by atoms with Gasteiger partial charge in [-0.1, -0.05) is 0 Å². The van der Waals surface area contributed by atoms with Gasteiger partial charge in [-0.05, 0) is 50.9 Å². The second-order valence-electron chi connectivity index (χ2n) is 6.42. The molecule has 0 aromatic carbocycles. The Bertz CT molecular complexity index is 399. The Morgan fingerprint density at radius 2 is 1.65 bits per heavy atom.